The Kier molecular flexibility index (Phi) is 6.42. The molecule has 0 aliphatic rings. The summed E-state index contributed by atoms with van der Waals surface area (Å²) in [6.07, 6.45) is 0.728. The fourth-order valence-corrected chi connectivity index (χ4v) is 2.73. The van der Waals surface area contributed by atoms with Gasteiger partial charge < -0.3 is 19.3 Å². The minimum Gasteiger partial charge on any atom is -0.515 e. The Labute approximate surface area is 168 Å². The maximum absolute atomic E-state index is 11.9. The number of ether oxygens (including phenoxy) is 3. The molecule has 2 aromatic carbocycles. The van der Waals surface area contributed by atoms with Crippen LogP contribution in [0.15, 0.2) is 66.9 Å². The van der Waals surface area contributed by atoms with E-state index in [1.807, 2.05) is 36.4 Å². The second-order valence-corrected chi connectivity index (χ2v) is 5.92. The van der Waals surface area contributed by atoms with Crippen molar-refractivity contribution in [2.75, 3.05) is 14.2 Å². The number of carbonyl (C=O) groups is 1. The molecule has 1 N–H and O–H groups in total. The lowest BCUT2D eigenvalue weighted by Crippen LogP contribution is -2.08. The number of rotatable bonds is 7. The summed E-state index contributed by atoms with van der Waals surface area (Å²) in [7, 11) is 2.74. The van der Waals surface area contributed by atoms with Crippen LogP contribution >= 0.6 is 0 Å². The monoisotopic (exact) mass is 392 g/mol. The molecule has 0 unspecified atom stereocenters. The summed E-state index contributed by atoms with van der Waals surface area (Å²) >= 11 is 0. The van der Waals surface area contributed by atoms with E-state index >= 15 is 0 Å². The molecule has 0 aliphatic carbocycles. The van der Waals surface area contributed by atoms with E-state index in [-0.39, 0.29) is 18.2 Å². The molecular weight excluding hydrogens is 372 g/mol. The van der Waals surface area contributed by atoms with Crippen LogP contribution in [0.4, 0.5) is 0 Å². The first kappa shape index (κ1) is 19.9. The Morgan fingerprint density at radius 1 is 1.03 bits per heavy atom. The number of aliphatic hydroxyl groups excluding tert-OH is 1. The van der Waals surface area contributed by atoms with Crippen LogP contribution in [-0.4, -0.2) is 35.3 Å². The van der Waals surface area contributed by atoms with Crippen LogP contribution in [0.2, 0.25) is 0 Å². The molecule has 1 aromatic heterocycles. The van der Waals surface area contributed by atoms with Crippen LogP contribution in [0.3, 0.4) is 0 Å². The van der Waals surface area contributed by atoms with Crippen LogP contribution in [0.1, 0.15) is 11.1 Å². The molecule has 1 heterocycles. The van der Waals surface area contributed by atoms with Crippen LogP contribution < -0.4 is 9.47 Å². The Bertz CT molecular complexity index is 1020. The van der Waals surface area contributed by atoms with Crippen LogP contribution in [0.25, 0.3) is 16.8 Å². The summed E-state index contributed by atoms with van der Waals surface area (Å²) in [6.45, 7) is 0.110. The maximum Gasteiger partial charge on any atom is 0.341 e. The number of methoxy groups -OCH3 is 2. The van der Waals surface area contributed by atoms with E-state index < -0.39 is 5.97 Å². The topological polar surface area (TPSA) is 90.8 Å². The highest BCUT2D eigenvalue weighted by molar-refractivity contribution is 6.16. The first-order valence-electron chi connectivity index (χ1n) is 8.78. The number of hydrogen-bond donors (Lipinski definition) is 1. The lowest BCUT2D eigenvalue weighted by Gasteiger charge is -2.13. The number of benzene rings is 2. The van der Waals surface area contributed by atoms with E-state index in [0.29, 0.717) is 22.7 Å². The van der Waals surface area contributed by atoms with Crippen molar-refractivity contribution in [3.8, 4) is 23.1 Å². The summed E-state index contributed by atoms with van der Waals surface area (Å²) in [5.41, 5.74) is 2.78. The lowest BCUT2D eigenvalue weighted by atomic mass is 10.0. The predicted molar refractivity (Wildman–Crippen MR) is 107 cm³/mol. The molecule has 0 spiro atoms. The molecule has 0 saturated carbocycles. The van der Waals surface area contributed by atoms with Gasteiger partial charge in [-0.2, -0.15) is 9.97 Å². The number of carbonyl (C=O) groups excluding carboxylic acids is 1. The fourth-order valence-electron chi connectivity index (χ4n) is 2.73. The minimum absolute atomic E-state index is 0.0388. The zero-order valence-electron chi connectivity index (χ0n) is 16.0. The molecule has 0 radical (unpaired) electrons. The average molecular weight is 392 g/mol. The van der Waals surface area contributed by atoms with E-state index in [4.69, 9.17) is 14.2 Å². The Balaban J connectivity index is 1.88. The largest absolute Gasteiger partial charge is 0.515 e. The first-order chi connectivity index (χ1) is 14.2. The Morgan fingerprint density at radius 3 is 2.45 bits per heavy atom. The average Bonchev–Trinajstić information content (AvgIpc) is 2.79. The van der Waals surface area contributed by atoms with Gasteiger partial charge in [0, 0.05) is 11.6 Å². The zero-order valence-corrected chi connectivity index (χ0v) is 16.0. The van der Waals surface area contributed by atoms with Gasteiger partial charge in [-0.05, 0) is 11.1 Å². The van der Waals surface area contributed by atoms with Crippen molar-refractivity contribution < 1.29 is 24.1 Å². The van der Waals surface area contributed by atoms with Crippen molar-refractivity contribution in [2.45, 2.75) is 6.61 Å². The summed E-state index contributed by atoms with van der Waals surface area (Å²) in [6, 6.07) is 18.5. The second-order valence-electron chi connectivity index (χ2n) is 5.92. The number of aromatic nitrogens is 2. The van der Waals surface area contributed by atoms with E-state index in [0.717, 1.165) is 11.8 Å². The summed E-state index contributed by atoms with van der Waals surface area (Å²) in [5.74, 6) is -0.326. The van der Waals surface area contributed by atoms with Gasteiger partial charge in [-0.3, -0.25) is 0 Å². The van der Waals surface area contributed by atoms with E-state index in [2.05, 4.69) is 9.97 Å². The van der Waals surface area contributed by atoms with Gasteiger partial charge in [-0.1, -0.05) is 54.6 Å². The molecule has 0 fully saturated rings. The molecule has 0 atom stereocenters. The van der Waals surface area contributed by atoms with Crippen molar-refractivity contribution in [1.82, 2.24) is 9.97 Å². The Morgan fingerprint density at radius 2 is 1.76 bits per heavy atom. The van der Waals surface area contributed by atoms with Crippen molar-refractivity contribution in [3.63, 3.8) is 0 Å². The number of hydrogen-bond acceptors (Lipinski definition) is 7. The minimum atomic E-state index is -0.644. The molecule has 148 valence electrons. The molecule has 0 aliphatic heterocycles. The smallest absolute Gasteiger partial charge is 0.341 e. The molecular formula is C22H20N2O5. The van der Waals surface area contributed by atoms with Gasteiger partial charge in [0.15, 0.2) is 0 Å². The Hall–Kier alpha value is -3.87. The number of nitrogens with zero attached hydrogens (tertiary/aromatic N) is 2. The third-order valence-corrected chi connectivity index (χ3v) is 4.15. The SMILES string of the molecule is COC(=O)C(=CO)c1ccccc1COc1cc(-c2ccccc2)nc(OC)n1. The fraction of sp³-hybridized carbons (Fsp3) is 0.136. The van der Waals surface area contributed by atoms with Gasteiger partial charge >= 0.3 is 12.0 Å². The molecule has 7 nitrogen and oxygen atoms in total. The van der Waals surface area contributed by atoms with Crippen molar-refractivity contribution in [1.29, 1.82) is 0 Å². The number of esters is 1. The summed E-state index contributed by atoms with van der Waals surface area (Å²) < 4.78 is 15.8. The summed E-state index contributed by atoms with van der Waals surface area (Å²) in [4.78, 5) is 20.5. The van der Waals surface area contributed by atoms with Crippen molar-refractivity contribution >= 4 is 11.5 Å². The molecule has 7 heteroatoms. The highest BCUT2D eigenvalue weighted by Gasteiger charge is 2.17. The van der Waals surface area contributed by atoms with E-state index in [1.165, 1.54) is 14.2 Å². The molecule has 0 bridgehead atoms. The molecule has 3 rings (SSSR count). The van der Waals surface area contributed by atoms with Gasteiger partial charge in [-0.15, -0.1) is 0 Å². The normalized spacial score (nSPS) is 11.0. The van der Waals surface area contributed by atoms with Crippen molar-refractivity contribution in [3.05, 3.63) is 78.1 Å². The van der Waals surface area contributed by atoms with Gasteiger partial charge in [0.2, 0.25) is 5.88 Å². The molecule has 29 heavy (non-hydrogen) atoms. The van der Waals surface area contributed by atoms with Gasteiger partial charge in [0.1, 0.15) is 12.2 Å². The number of aliphatic hydroxyl groups is 1. The first-order valence-corrected chi connectivity index (χ1v) is 8.78. The van der Waals surface area contributed by atoms with Gasteiger partial charge in [-0.25, -0.2) is 4.79 Å². The predicted octanol–water partition coefficient (Wildman–Crippen LogP) is 3.80. The second kappa shape index (κ2) is 9.36. The molecule has 3 aromatic rings. The maximum atomic E-state index is 11.9. The van der Waals surface area contributed by atoms with Gasteiger partial charge in [0.25, 0.3) is 0 Å². The third-order valence-electron chi connectivity index (χ3n) is 4.15. The third kappa shape index (κ3) is 4.70. The molecule has 0 amide bonds. The lowest BCUT2D eigenvalue weighted by molar-refractivity contribution is -0.133. The van der Waals surface area contributed by atoms with Crippen LogP contribution in [0, 0.1) is 0 Å². The van der Waals surface area contributed by atoms with Crippen LogP contribution in [0.5, 0.6) is 11.9 Å². The zero-order chi connectivity index (χ0) is 20.6. The van der Waals surface area contributed by atoms with Crippen molar-refractivity contribution in [2.24, 2.45) is 0 Å². The standard InChI is InChI=1S/C22H20N2O5/c1-27-21(26)18(13-25)17-11-7-6-10-16(17)14-29-20-12-19(23-22(24-20)28-2)15-8-4-3-5-9-15/h3-13,25H,14H2,1-2H3. The van der Waals surface area contributed by atoms with Crippen LogP contribution in [-0.2, 0) is 16.1 Å². The molecule has 0 saturated heterocycles. The highest BCUT2D eigenvalue weighted by Crippen LogP contribution is 2.25. The summed E-state index contributed by atoms with van der Waals surface area (Å²) in [5, 5.41) is 9.48. The van der Waals surface area contributed by atoms with E-state index in [9.17, 15) is 9.90 Å². The highest BCUT2D eigenvalue weighted by atomic mass is 16.5. The van der Waals surface area contributed by atoms with Gasteiger partial charge in [0.05, 0.1) is 26.2 Å². The quantitative estimate of drug-likeness (QED) is 0.371. The van der Waals surface area contributed by atoms with E-state index in [1.54, 1.807) is 24.3 Å².